The summed E-state index contributed by atoms with van der Waals surface area (Å²) in [4.78, 5) is 18.0. The molecule has 0 fully saturated rings. The minimum Gasteiger partial charge on any atom is -0.370 e. The van der Waals surface area contributed by atoms with Crippen molar-refractivity contribution in [2.45, 2.75) is 26.8 Å². The monoisotopic (exact) mass is 541 g/mol. The molecule has 0 aliphatic heterocycles. The second-order valence-corrected chi connectivity index (χ2v) is 6.84. The van der Waals surface area contributed by atoms with Crippen molar-refractivity contribution in [3.63, 3.8) is 0 Å². The van der Waals surface area contributed by atoms with E-state index in [0.29, 0.717) is 30.3 Å². The van der Waals surface area contributed by atoms with Crippen LogP contribution in [0, 0.1) is 5.82 Å². The van der Waals surface area contributed by atoms with E-state index in [9.17, 15) is 9.18 Å². The van der Waals surface area contributed by atoms with Gasteiger partial charge in [0, 0.05) is 45.8 Å². The highest BCUT2D eigenvalue weighted by Gasteiger charge is 2.09. The summed E-state index contributed by atoms with van der Waals surface area (Å²) in [6.07, 6.45) is 0.749. The number of carbonyl (C=O) groups is 1. The Bertz CT molecular complexity index is 871. The highest BCUT2D eigenvalue weighted by atomic mass is 127. The Balaban J connectivity index is 0.00000480. The highest BCUT2D eigenvalue weighted by Crippen LogP contribution is 2.20. The van der Waals surface area contributed by atoms with Gasteiger partial charge >= 0.3 is 0 Å². The molecule has 0 radical (unpaired) electrons. The van der Waals surface area contributed by atoms with Gasteiger partial charge in [-0.05, 0) is 55.7 Å². The van der Waals surface area contributed by atoms with E-state index in [0.717, 1.165) is 30.6 Å². The maximum absolute atomic E-state index is 14.4. The summed E-state index contributed by atoms with van der Waals surface area (Å²) < 4.78 is 14.4. The van der Waals surface area contributed by atoms with E-state index in [4.69, 9.17) is 0 Å². The van der Waals surface area contributed by atoms with Gasteiger partial charge in [0.25, 0.3) is 5.91 Å². The predicted molar refractivity (Wildman–Crippen MR) is 137 cm³/mol. The molecule has 0 aliphatic carbocycles. The number of anilines is 1. The molecule has 0 bridgehead atoms. The van der Waals surface area contributed by atoms with E-state index in [2.05, 4.69) is 20.9 Å². The average Bonchev–Trinajstić information content (AvgIpc) is 2.77. The fourth-order valence-electron chi connectivity index (χ4n) is 3.23. The molecule has 0 saturated carbocycles. The Hall–Kier alpha value is -2.36. The quantitative estimate of drug-likeness (QED) is 0.258. The van der Waals surface area contributed by atoms with Crippen LogP contribution >= 0.6 is 24.0 Å². The number of benzene rings is 2. The molecule has 0 heterocycles. The van der Waals surface area contributed by atoms with Crippen LogP contribution in [0.4, 0.5) is 10.1 Å². The number of hydrogen-bond acceptors (Lipinski definition) is 3. The van der Waals surface area contributed by atoms with Crippen LogP contribution in [0.5, 0.6) is 0 Å². The Kier molecular flexibility index (Phi) is 11.9. The number of nitrogens with zero attached hydrogens (tertiary/aromatic N) is 2. The van der Waals surface area contributed by atoms with Crippen LogP contribution in [0.1, 0.15) is 35.3 Å². The third-order valence-electron chi connectivity index (χ3n) is 4.92. The van der Waals surface area contributed by atoms with Gasteiger partial charge in [-0.1, -0.05) is 18.2 Å². The Morgan fingerprint density at radius 3 is 2.42 bits per heavy atom. The van der Waals surface area contributed by atoms with E-state index in [1.165, 1.54) is 0 Å². The molecule has 8 heteroatoms. The molecule has 31 heavy (non-hydrogen) atoms. The summed E-state index contributed by atoms with van der Waals surface area (Å²) in [7, 11) is 3.32. The molecule has 1 amide bonds. The zero-order valence-electron chi connectivity index (χ0n) is 18.7. The first-order valence-electron chi connectivity index (χ1n) is 10.3. The third-order valence-corrected chi connectivity index (χ3v) is 4.92. The summed E-state index contributed by atoms with van der Waals surface area (Å²) in [5, 5.41) is 9.09. The lowest BCUT2D eigenvalue weighted by Crippen LogP contribution is -2.37. The number of carbonyl (C=O) groups excluding carboxylic acids is 1. The van der Waals surface area contributed by atoms with Gasteiger partial charge < -0.3 is 20.9 Å². The van der Waals surface area contributed by atoms with Gasteiger partial charge in [0.1, 0.15) is 5.82 Å². The van der Waals surface area contributed by atoms with Crippen molar-refractivity contribution in [3.8, 4) is 0 Å². The third kappa shape index (κ3) is 8.01. The highest BCUT2D eigenvalue weighted by molar-refractivity contribution is 14.0. The average molecular weight is 541 g/mol. The largest absolute Gasteiger partial charge is 0.370 e. The van der Waals surface area contributed by atoms with E-state index < -0.39 is 0 Å². The smallest absolute Gasteiger partial charge is 0.251 e. The molecular formula is C23H33FIN5O. The van der Waals surface area contributed by atoms with Gasteiger partial charge in [-0.25, -0.2) is 4.39 Å². The van der Waals surface area contributed by atoms with Crippen molar-refractivity contribution < 1.29 is 9.18 Å². The van der Waals surface area contributed by atoms with Crippen LogP contribution in [0.25, 0.3) is 0 Å². The molecule has 0 atom stereocenters. The molecule has 6 nitrogen and oxygen atoms in total. The van der Waals surface area contributed by atoms with Crippen LogP contribution in [-0.2, 0) is 13.0 Å². The fraction of sp³-hybridized carbons (Fsp3) is 0.391. The SMILES string of the molecule is CCN(CC)c1ccc(CNC(=NC)NCCc2cccc(C(=O)NC)c2)cc1F.I. The van der Waals surface area contributed by atoms with Crippen LogP contribution in [-0.4, -0.2) is 45.6 Å². The second-order valence-electron chi connectivity index (χ2n) is 6.84. The summed E-state index contributed by atoms with van der Waals surface area (Å²) >= 11 is 0. The van der Waals surface area contributed by atoms with Crippen molar-refractivity contribution in [1.29, 1.82) is 0 Å². The van der Waals surface area contributed by atoms with Crippen molar-refractivity contribution >= 4 is 41.5 Å². The maximum atomic E-state index is 14.4. The van der Waals surface area contributed by atoms with Gasteiger partial charge in [0.15, 0.2) is 5.96 Å². The number of nitrogens with one attached hydrogen (secondary N) is 3. The van der Waals surface area contributed by atoms with Gasteiger partial charge in [-0.3, -0.25) is 9.79 Å². The summed E-state index contributed by atoms with van der Waals surface area (Å²) in [6, 6.07) is 12.9. The minimum atomic E-state index is -0.211. The standard InChI is InChI=1S/C23H32FN5O.HI/c1-5-29(6-2)21-11-10-18(15-20(21)24)16-28-23(26-4)27-13-12-17-8-7-9-19(14-17)22(30)25-3;/h7-11,14-15H,5-6,12-13,16H2,1-4H3,(H,25,30)(H2,26,27,28);1H. The molecule has 0 spiro atoms. The van der Waals surface area contributed by atoms with E-state index in [1.54, 1.807) is 26.2 Å². The van der Waals surface area contributed by atoms with Gasteiger partial charge in [-0.2, -0.15) is 0 Å². The van der Waals surface area contributed by atoms with Crippen LogP contribution in [0.3, 0.4) is 0 Å². The van der Waals surface area contributed by atoms with Crippen molar-refractivity contribution in [2.24, 2.45) is 4.99 Å². The zero-order valence-corrected chi connectivity index (χ0v) is 21.0. The molecule has 3 N–H and O–H groups in total. The lowest BCUT2D eigenvalue weighted by Gasteiger charge is -2.22. The molecule has 2 aromatic rings. The number of guanidine groups is 1. The van der Waals surface area contributed by atoms with E-state index >= 15 is 0 Å². The molecule has 170 valence electrons. The molecule has 0 saturated heterocycles. The lowest BCUT2D eigenvalue weighted by molar-refractivity contribution is 0.0963. The lowest BCUT2D eigenvalue weighted by atomic mass is 10.1. The molecule has 2 rings (SSSR count). The summed E-state index contributed by atoms with van der Waals surface area (Å²) in [6.45, 7) is 6.71. The number of halogens is 2. The molecule has 2 aromatic carbocycles. The summed E-state index contributed by atoms with van der Waals surface area (Å²) in [5.41, 5.74) is 3.19. The first kappa shape index (κ1) is 26.7. The normalized spacial score (nSPS) is 10.8. The van der Waals surface area contributed by atoms with Crippen LogP contribution in [0.2, 0.25) is 0 Å². The number of amides is 1. The first-order valence-corrected chi connectivity index (χ1v) is 10.3. The fourth-order valence-corrected chi connectivity index (χ4v) is 3.23. The predicted octanol–water partition coefficient (Wildman–Crippen LogP) is 3.56. The topological polar surface area (TPSA) is 68.8 Å². The Labute approximate surface area is 201 Å². The van der Waals surface area contributed by atoms with Crippen molar-refractivity contribution in [1.82, 2.24) is 16.0 Å². The molecule has 0 unspecified atom stereocenters. The van der Waals surface area contributed by atoms with Crippen molar-refractivity contribution in [2.75, 3.05) is 38.6 Å². The summed E-state index contributed by atoms with van der Waals surface area (Å²) in [5.74, 6) is 0.337. The minimum absolute atomic E-state index is 0. The van der Waals surface area contributed by atoms with E-state index in [1.807, 2.05) is 49.1 Å². The number of aliphatic imine (C=N–C) groups is 1. The number of hydrogen-bond donors (Lipinski definition) is 3. The number of rotatable bonds is 9. The van der Waals surface area contributed by atoms with Gasteiger partial charge in [0.2, 0.25) is 0 Å². The molecular weight excluding hydrogens is 508 g/mol. The zero-order chi connectivity index (χ0) is 21.9. The van der Waals surface area contributed by atoms with Crippen LogP contribution < -0.4 is 20.9 Å². The van der Waals surface area contributed by atoms with E-state index in [-0.39, 0.29) is 35.7 Å². The maximum Gasteiger partial charge on any atom is 0.251 e. The van der Waals surface area contributed by atoms with Gasteiger partial charge in [-0.15, -0.1) is 24.0 Å². The molecule has 0 aromatic heterocycles. The Morgan fingerprint density at radius 2 is 1.81 bits per heavy atom. The van der Waals surface area contributed by atoms with Crippen molar-refractivity contribution in [3.05, 3.63) is 65.0 Å². The molecule has 0 aliphatic rings. The Morgan fingerprint density at radius 1 is 1.06 bits per heavy atom. The first-order chi connectivity index (χ1) is 14.5. The second kappa shape index (κ2) is 13.8. The van der Waals surface area contributed by atoms with Crippen LogP contribution in [0.15, 0.2) is 47.5 Å². The van der Waals surface area contributed by atoms with Gasteiger partial charge in [0.05, 0.1) is 5.69 Å².